The van der Waals surface area contributed by atoms with Gasteiger partial charge in [-0.1, -0.05) is 12.1 Å². The molecule has 1 rings (SSSR count). The molecule has 0 spiro atoms. The molecular formula is C15H21F2NO3. The van der Waals surface area contributed by atoms with Gasteiger partial charge in [-0.25, -0.2) is 0 Å². The third-order valence-electron chi connectivity index (χ3n) is 3.33. The summed E-state index contributed by atoms with van der Waals surface area (Å²) in [6.45, 7) is 3.55. The predicted octanol–water partition coefficient (Wildman–Crippen LogP) is 3.53. The van der Waals surface area contributed by atoms with Crippen molar-refractivity contribution in [2.45, 2.75) is 45.9 Å². The average molecular weight is 301 g/mol. The highest BCUT2D eigenvalue weighted by Gasteiger charge is 2.19. The summed E-state index contributed by atoms with van der Waals surface area (Å²) in [6.07, 6.45) is 0.0646. The van der Waals surface area contributed by atoms with Gasteiger partial charge in [-0.05, 0) is 38.5 Å². The number of aliphatic carboxylic acids is 1. The minimum absolute atomic E-state index is 0.00931. The van der Waals surface area contributed by atoms with E-state index < -0.39 is 12.6 Å². The SMILES string of the molecule is CC(C)N(CCC(=O)O)C(C)c1ccc(OC(F)F)cc1. The minimum atomic E-state index is -2.84. The van der Waals surface area contributed by atoms with Crippen LogP contribution >= 0.6 is 0 Å². The Morgan fingerprint density at radius 3 is 2.24 bits per heavy atom. The molecule has 118 valence electrons. The Balaban J connectivity index is 2.78. The number of benzene rings is 1. The van der Waals surface area contributed by atoms with Crippen LogP contribution in [0.25, 0.3) is 0 Å². The number of hydrogen-bond donors (Lipinski definition) is 1. The van der Waals surface area contributed by atoms with Crippen molar-refractivity contribution < 1.29 is 23.4 Å². The van der Waals surface area contributed by atoms with Gasteiger partial charge in [0.15, 0.2) is 0 Å². The van der Waals surface area contributed by atoms with Crippen LogP contribution in [0.1, 0.15) is 38.8 Å². The van der Waals surface area contributed by atoms with E-state index in [1.165, 1.54) is 12.1 Å². The Morgan fingerprint density at radius 1 is 1.24 bits per heavy atom. The number of hydrogen-bond acceptors (Lipinski definition) is 3. The second-order valence-electron chi connectivity index (χ2n) is 5.10. The molecule has 0 heterocycles. The summed E-state index contributed by atoms with van der Waals surface area (Å²) < 4.78 is 28.5. The normalized spacial score (nSPS) is 13.0. The van der Waals surface area contributed by atoms with Gasteiger partial charge in [0.1, 0.15) is 5.75 Å². The van der Waals surface area contributed by atoms with Gasteiger partial charge >= 0.3 is 12.6 Å². The van der Waals surface area contributed by atoms with Crippen molar-refractivity contribution >= 4 is 5.97 Å². The largest absolute Gasteiger partial charge is 0.481 e. The van der Waals surface area contributed by atoms with Crippen LogP contribution in [0.15, 0.2) is 24.3 Å². The quantitative estimate of drug-likeness (QED) is 0.798. The van der Waals surface area contributed by atoms with Crippen LogP contribution in [0, 0.1) is 0 Å². The Hall–Kier alpha value is -1.69. The molecule has 1 unspecified atom stereocenters. The number of nitrogens with zero attached hydrogens (tertiary/aromatic N) is 1. The highest BCUT2D eigenvalue weighted by Crippen LogP contribution is 2.25. The molecule has 0 aliphatic carbocycles. The van der Waals surface area contributed by atoms with Crippen molar-refractivity contribution in [1.29, 1.82) is 0 Å². The Bertz CT molecular complexity index is 449. The number of halogens is 2. The van der Waals surface area contributed by atoms with Crippen molar-refractivity contribution in [2.75, 3.05) is 6.54 Å². The summed E-state index contributed by atoms with van der Waals surface area (Å²) in [5, 5.41) is 8.80. The molecule has 0 amide bonds. The zero-order valence-corrected chi connectivity index (χ0v) is 12.4. The Labute approximate surface area is 123 Å². The lowest BCUT2D eigenvalue weighted by atomic mass is 10.0. The third kappa shape index (κ3) is 5.67. The summed E-state index contributed by atoms with van der Waals surface area (Å²) in [5.41, 5.74) is 0.927. The maximum Gasteiger partial charge on any atom is 0.387 e. The van der Waals surface area contributed by atoms with E-state index in [2.05, 4.69) is 9.64 Å². The van der Waals surface area contributed by atoms with E-state index in [0.717, 1.165) is 5.56 Å². The first kappa shape index (κ1) is 17.4. The molecule has 1 atom stereocenters. The highest BCUT2D eigenvalue weighted by atomic mass is 19.3. The van der Waals surface area contributed by atoms with Gasteiger partial charge in [-0.3, -0.25) is 9.69 Å². The number of ether oxygens (including phenoxy) is 1. The molecule has 0 aromatic heterocycles. The van der Waals surface area contributed by atoms with Gasteiger partial charge < -0.3 is 9.84 Å². The van der Waals surface area contributed by atoms with Crippen LogP contribution < -0.4 is 4.74 Å². The monoisotopic (exact) mass is 301 g/mol. The lowest BCUT2D eigenvalue weighted by Gasteiger charge is -2.32. The van der Waals surface area contributed by atoms with E-state index in [-0.39, 0.29) is 24.3 Å². The first-order valence-electron chi connectivity index (χ1n) is 6.83. The van der Waals surface area contributed by atoms with Crippen molar-refractivity contribution in [1.82, 2.24) is 4.90 Å². The summed E-state index contributed by atoms with van der Waals surface area (Å²) in [4.78, 5) is 12.8. The zero-order valence-electron chi connectivity index (χ0n) is 12.4. The van der Waals surface area contributed by atoms with Crippen molar-refractivity contribution in [3.05, 3.63) is 29.8 Å². The fourth-order valence-corrected chi connectivity index (χ4v) is 2.24. The first-order chi connectivity index (χ1) is 9.81. The Kier molecular flexibility index (Phi) is 6.55. The van der Waals surface area contributed by atoms with Crippen LogP contribution in [0.3, 0.4) is 0 Å². The molecule has 21 heavy (non-hydrogen) atoms. The predicted molar refractivity (Wildman–Crippen MR) is 75.6 cm³/mol. The highest BCUT2D eigenvalue weighted by molar-refractivity contribution is 5.66. The molecule has 1 N–H and O–H groups in total. The second-order valence-corrected chi connectivity index (χ2v) is 5.10. The number of alkyl halides is 2. The standard InChI is InChI=1S/C15H21F2NO3/c1-10(2)18(9-8-14(19)20)11(3)12-4-6-13(7-5-12)21-15(16)17/h4-7,10-11,15H,8-9H2,1-3H3,(H,19,20). The van der Waals surface area contributed by atoms with Gasteiger partial charge in [-0.15, -0.1) is 0 Å². The number of carboxylic acids is 1. The van der Waals surface area contributed by atoms with E-state index in [4.69, 9.17) is 5.11 Å². The van der Waals surface area contributed by atoms with E-state index in [1.807, 2.05) is 20.8 Å². The molecule has 1 aromatic rings. The topological polar surface area (TPSA) is 49.8 Å². The van der Waals surface area contributed by atoms with Gasteiger partial charge in [0.2, 0.25) is 0 Å². The van der Waals surface area contributed by atoms with Crippen LogP contribution in [0.2, 0.25) is 0 Å². The first-order valence-corrected chi connectivity index (χ1v) is 6.83. The molecule has 0 aliphatic heterocycles. The molecule has 0 bridgehead atoms. The van der Waals surface area contributed by atoms with Crippen molar-refractivity contribution in [2.24, 2.45) is 0 Å². The summed E-state index contributed by atoms with van der Waals surface area (Å²) in [7, 11) is 0. The molecular weight excluding hydrogens is 280 g/mol. The fraction of sp³-hybridized carbons (Fsp3) is 0.533. The van der Waals surface area contributed by atoms with E-state index in [0.29, 0.717) is 6.54 Å². The molecule has 0 saturated carbocycles. The molecule has 0 aliphatic rings. The van der Waals surface area contributed by atoms with E-state index in [1.54, 1.807) is 12.1 Å². The second kappa shape index (κ2) is 7.93. The average Bonchev–Trinajstić information content (AvgIpc) is 2.38. The third-order valence-corrected chi connectivity index (χ3v) is 3.33. The summed E-state index contributed by atoms with van der Waals surface area (Å²) in [6, 6.07) is 6.60. The number of rotatable bonds is 8. The Morgan fingerprint density at radius 2 is 1.81 bits per heavy atom. The van der Waals surface area contributed by atoms with Gasteiger partial charge in [-0.2, -0.15) is 8.78 Å². The summed E-state index contributed by atoms with van der Waals surface area (Å²) >= 11 is 0. The van der Waals surface area contributed by atoms with E-state index in [9.17, 15) is 13.6 Å². The van der Waals surface area contributed by atoms with Gasteiger partial charge in [0.05, 0.1) is 6.42 Å². The van der Waals surface area contributed by atoms with Crippen LogP contribution in [0.5, 0.6) is 5.75 Å². The minimum Gasteiger partial charge on any atom is -0.481 e. The zero-order chi connectivity index (χ0) is 16.0. The maximum absolute atomic E-state index is 12.1. The molecule has 0 fully saturated rings. The summed E-state index contributed by atoms with van der Waals surface area (Å²) in [5.74, 6) is -0.726. The van der Waals surface area contributed by atoms with Gasteiger partial charge in [0, 0.05) is 18.6 Å². The van der Waals surface area contributed by atoms with Crippen molar-refractivity contribution in [3.8, 4) is 5.75 Å². The number of carbonyl (C=O) groups is 1. The van der Waals surface area contributed by atoms with E-state index >= 15 is 0 Å². The smallest absolute Gasteiger partial charge is 0.387 e. The molecule has 6 heteroatoms. The lowest BCUT2D eigenvalue weighted by molar-refractivity contribution is -0.137. The van der Waals surface area contributed by atoms with Crippen LogP contribution in [0.4, 0.5) is 8.78 Å². The molecule has 4 nitrogen and oxygen atoms in total. The van der Waals surface area contributed by atoms with Crippen LogP contribution in [-0.2, 0) is 4.79 Å². The lowest BCUT2D eigenvalue weighted by Crippen LogP contribution is -2.35. The van der Waals surface area contributed by atoms with Crippen molar-refractivity contribution in [3.63, 3.8) is 0 Å². The fourth-order valence-electron chi connectivity index (χ4n) is 2.24. The molecule has 0 radical (unpaired) electrons. The number of carboxylic acid groups (broad SMARTS) is 1. The molecule has 0 saturated heterocycles. The van der Waals surface area contributed by atoms with Crippen LogP contribution in [-0.4, -0.2) is 35.2 Å². The van der Waals surface area contributed by atoms with Gasteiger partial charge in [0.25, 0.3) is 0 Å². The maximum atomic E-state index is 12.1. The molecule has 1 aromatic carbocycles.